The van der Waals surface area contributed by atoms with E-state index in [9.17, 15) is 0 Å². The first-order valence-corrected chi connectivity index (χ1v) is 15.2. The molecule has 0 bridgehead atoms. The van der Waals surface area contributed by atoms with Gasteiger partial charge in [-0.15, -0.1) is 0 Å². The predicted molar refractivity (Wildman–Crippen MR) is 145 cm³/mol. The molecule has 0 saturated heterocycles. The molecule has 0 radical (unpaired) electrons. The van der Waals surface area contributed by atoms with Gasteiger partial charge in [0, 0.05) is 0 Å². The molecule has 0 amide bonds. The quantitative estimate of drug-likeness (QED) is 0.118. The van der Waals surface area contributed by atoms with Crippen molar-refractivity contribution in [3.63, 3.8) is 0 Å². The molecule has 0 aromatic carbocycles. The van der Waals surface area contributed by atoms with Crippen LogP contribution >= 0.6 is 0 Å². The maximum Gasteiger partial charge on any atom is -0.0443 e. The fourth-order valence-corrected chi connectivity index (χ4v) is 4.91. The molecule has 0 spiro atoms. The molecule has 0 aromatic heterocycles. The molecule has 0 saturated carbocycles. The van der Waals surface area contributed by atoms with Crippen molar-refractivity contribution in [3.05, 3.63) is 0 Å². The van der Waals surface area contributed by atoms with Crippen LogP contribution < -0.4 is 0 Å². The standard InChI is InChI=1S/C31H64/c1-5-7-8-9-10-11-12-13-15-19-22-25-28-31(4)29-26-23-20-17-14-16-18-21-24-27-30(3)6-2/h30-31H,5-29H2,1-4H3. The summed E-state index contributed by atoms with van der Waals surface area (Å²) in [7, 11) is 0. The average molecular weight is 437 g/mol. The van der Waals surface area contributed by atoms with E-state index >= 15 is 0 Å². The summed E-state index contributed by atoms with van der Waals surface area (Å²) >= 11 is 0. The summed E-state index contributed by atoms with van der Waals surface area (Å²) < 4.78 is 0. The van der Waals surface area contributed by atoms with E-state index in [1.54, 1.807) is 0 Å². The fraction of sp³-hybridized carbons (Fsp3) is 1.00. The molecule has 0 aromatic rings. The summed E-state index contributed by atoms with van der Waals surface area (Å²) in [6.07, 6.45) is 36.7. The molecule has 0 nitrogen and oxygen atoms in total. The van der Waals surface area contributed by atoms with Crippen LogP contribution in [0.2, 0.25) is 0 Å². The van der Waals surface area contributed by atoms with Crippen LogP contribution in [0.25, 0.3) is 0 Å². The van der Waals surface area contributed by atoms with E-state index in [1.165, 1.54) is 161 Å². The first kappa shape index (κ1) is 31.0. The summed E-state index contributed by atoms with van der Waals surface area (Å²) in [4.78, 5) is 0. The Morgan fingerprint density at radius 1 is 0.323 bits per heavy atom. The van der Waals surface area contributed by atoms with Crippen LogP contribution in [0.3, 0.4) is 0 Å². The van der Waals surface area contributed by atoms with Crippen LogP contribution in [0.15, 0.2) is 0 Å². The van der Waals surface area contributed by atoms with Crippen molar-refractivity contribution in [2.24, 2.45) is 11.8 Å². The molecule has 0 aliphatic heterocycles. The van der Waals surface area contributed by atoms with Crippen LogP contribution in [0.5, 0.6) is 0 Å². The molecule has 0 heterocycles. The first-order chi connectivity index (χ1) is 15.2. The van der Waals surface area contributed by atoms with Crippen molar-refractivity contribution in [2.45, 2.75) is 188 Å². The Morgan fingerprint density at radius 2 is 0.581 bits per heavy atom. The Kier molecular flexibility index (Phi) is 26.3. The van der Waals surface area contributed by atoms with E-state index in [-0.39, 0.29) is 0 Å². The molecule has 0 aliphatic rings. The zero-order chi connectivity index (χ0) is 22.8. The Hall–Kier alpha value is 0. The largest absolute Gasteiger partial charge is 0.0654 e. The van der Waals surface area contributed by atoms with E-state index in [0.29, 0.717) is 0 Å². The van der Waals surface area contributed by atoms with Gasteiger partial charge in [-0.3, -0.25) is 0 Å². The Labute approximate surface area is 200 Å². The summed E-state index contributed by atoms with van der Waals surface area (Å²) in [6, 6.07) is 0. The summed E-state index contributed by atoms with van der Waals surface area (Å²) in [5.74, 6) is 1.91. The number of hydrogen-bond acceptors (Lipinski definition) is 0. The SMILES string of the molecule is CCCCCCCCCCCCCCC(C)CCCCCCCCCCCC(C)CC. The van der Waals surface area contributed by atoms with Gasteiger partial charge in [-0.2, -0.15) is 0 Å². The highest BCUT2D eigenvalue weighted by atomic mass is 14.1. The van der Waals surface area contributed by atoms with Crippen molar-refractivity contribution in [1.29, 1.82) is 0 Å². The molecule has 0 aliphatic carbocycles. The van der Waals surface area contributed by atoms with Crippen LogP contribution in [-0.2, 0) is 0 Å². The highest BCUT2D eigenvalue weighted by molar-refractivity contribution is 4.57. The third-order valence-corrected chi connectivity index (χ3v) is 7.64. The van der Waals surface area contributed by atoms with Gasteiger partial charge in [0.25, 0.3) is 0 Å². The molecule has 2 atom stereocenters. The van der Waals surface area contributed by atoms with Crippen molar-refractivity contribution in [3.8, 4) is 0 Å². The molecule has 0 N–H and O–H groups in total. The second kappa shape index (κ2) is 26.3. The van der Waals surface area contributed by atoms with E-state index in [1.807, 2.05) is 0 Å². The van der Waals surface area contributed by atoms with E-state index < -0.39 is 0 Å². The van der Waals surface area contributed by atoms with Gasteiger partial charge < -0.3 is 0 Å². The zero-order valence-electron chi connectivity index (χ0n) is 22.8. The van der Waals surface area contributed by atoms with Gasteiger partial charge in [0.05, 0.1) is 0 Å². The van der Waals surface area contributed by atoms with Gasteiger partial charge in [0.1, 0.15) is 0 Å². The number of unbranched alkanes of at least 4 members (excludes halogenated alkanes) is 19. The summed E-state index contributed by atoms with van der Waals surface area (Å²) in [5, 5.41) is 0. The molecule has 2 unspecified atom stereocenters. The van der Waals surface area contributed by atoms with Crippen LogP contribution in [0.1, 0.15) is 188 Å². The molecule has 31 heavy (non-hydrogen) atoms. The third-order valence-electron chi connectivity index (χ3n) is 7.64. The molecule has 0 heteroatoms. The Bertz CT molecular complexity index is 307. The van der Waals surface area contributed by atoms with Crippen molar-refractivity contribution in [2.75, 3.05) is 0 Å². The Balaban J connectivity index is 3.16. The smallest absolute Gasteiger partial charge is 0.0443 e. The van der Waals surface area contributed by atoms with Crippen molar-refractivity contribution >= 4 is 0 Å². The van der Waals surface area contributed by atoms with Gasteiger partial charge in [-0.05, 0) is 11.8 Å². The first-order valence-electron chi connectivity index (χ1n) is 15.2. The van der Waals surface area contributed by atoms with Gasteiger partial charge in [-0.1, -0.05) is 188 Å². The highest BCUT2D eigenvalue weighted by Crippen LogP contribution is 2.19. The van der Waals surface area contributed by atoms with Gasteiger partial charge in [0.15, 0.2) is 0 Å². The van der Waals surface area contributed by atoms with Gasteiger partial charge in [0.2, 0.25) is 0 Å². The lowest BCUT2D eigenvalue weighted by molar-refractivity contribution is 0.429. The molecular formula is C31H64. The van der Waals surface area contributed by atoms with Crippen LogP contribution in [0.4, 0.5) is 0 Å². The van der Waals surface area contributed by atoms with Crippen LogP contribution in [-0.4, -0.2) is 0 Å². The minimum absolute atomic E-state index is 0.946. The number of rotatable bonds is 26. The maximum absolute atomic E-state index is 2.50. The van der Waals surface area contributed by atoms with Gasteiger partial charge >= 0.3 is 0 Å². The molecular weight excluding hydrogens is 372 g/mol. The molecule has 0 fully saturated rings. The fourth-order valence-electron chi connectivity index (χ4n) is 4.91. The summed E-state index contributed by atoms with van der Waals surface area (Å²) in [5.41, 5.74) is 0. The minimum atomic E-state index is 0.946. The second-order valence-corrected chi connectivity index (χ2v) is 11.1. The normalized spacial score (nSPS) is 13.5. The third kappa shape index (κ3) is 26.1. The van der Waals surface area contributed by atoms with Gasteiger partial charge in [-0.25, -0.2) is 0 Å². The topological polar surface area (TPSA) is 0 Å². The van der Waals surface area contributed by atoms with Crippen molar-refractivity contribution < 1.29 is 0 Å². The maximum atomic E-state index is 2.50. The Morgan fingerprint density at radius 3 is 0.871 bits per heavy atom. The van der Waals surface area contributed by atoms with Crippen molar-refractivity contribution in [1.82, 2.24) is 0 Å². The monoisotopic (exact) mass is 437 g/mol. The highest BCUT2D eigenvalue weighted by Gasteiger charge is 2.02. The minimum Gasteiger partial charge on any atom is -0.0654 e. The lowest BCUT2D eigenvalue weighted by atomic mass is 9.95. The second-order valence-electron chi connectivity index (χ2n) is 11.1. The van der Waals surface area contributed by atoms with E-state index in [4.69, 9.17) is 0 Å². The molecule has 0 rings (SSSR count). The van der Waals surface area contributed by atoms with Crippen LogP contribution in [0, 0.1) is 11.8 Å². The predicted octanol–water partition coefficient (Wildman–Crippen LogP) is 12.1. The van der Waals surface area contributed by atoms with E-state index in [2.05, 4.69) is 27.7 Å². The number of hydrogen-bond donors (Lipinski definition) is 0. The van der Waals surface area contributed by atoms with E-state index in [0.717, 1.165) is 11.8 Å². The summed E-state index contributed by atoms with van der Waals surface area (Å²) in [6.45, 7) is 9.53. The zero-order valence-corrected chi connectivity index (χ0v) is 22.8. The lowest BCUT2D eigenvalue weighted by Gasteiger charge is -2.11. The average Bonchev–Trinajstić information content (AvgIpc) is 2.77. The lowest BCUT2D eigenvalue weighted by Crippen LogP contribution is -1.95. The molecule has 188 valence electrons.